The van der Waals surface area contributed by atoms with Gasteiger partial charge in [0.05, 0.1) is 0 Å². The highest BCUT2D eigenvalue weighted by atomic mass is 35.5. The molecule has 20 heavy (non-hydrogen) atoms. The Hall–Kier alpha value is -1.57. The summed E-state index contributed by atoms with van der Waals surface area (Å²) < 4.78 is 0. The molecular weight excluding hydrogens is 266 g/mol. The van der Waals surface area contributed by atoms with Crippen molar-refractivity contribution in [2.24, 2.45) is 5.73 Å². The van der Waals surface area contributed by atoms with E-state index in [1.807, 2.05) is 0 Å². The van der Waals surface area contributed by atoms with Gasteiger partial charge in [0, 0.05) is 0 Å². The second-order valence-electron chi connectivity index (χ2n) is 4.63. The lowest BCUT2D eigenvalue weighted by Crippen LogP contribution is -1.97. The Morgan fingerprint density at radius 1 is 0.800 bits per heavy atom. The monoisotopic (exact) mass is 287 g/mol. The minimum Gasteiger partial charge on any atom is -0.330 e. The molecular formula is C18H22ClN. The number of allylic oxidation sites excluding steroid dienone is 1. The molecule has 0 unspecified atom stereocenters. The Balaban J connectivity index is 0.00000200. The van der Waals surface area contributed by atoms with Crippen LogP contribution in [0.1, 0.15) is 30.4 Å². The van der Waals surface area contributed by atoms with Gasteiger partial charge in [-0.15, -0.1) is 12.4 Å². The van der Waals surface area contributed by atoms with Gasteiger partial charge in [-0.2, -0.15) is 0 Å². The maximum absolute atomic E-state index is 5.55. The normalized spacial score (nSPS) is 9.65. The molecule has 0 amide bonds. The number of rotatable bonds is 6. The predicted octanol–water partition coefficient (Wildman–Crippen LogP) is 4.67. The van der Waals surface area contributed by atoms with E-state index in [0.29, 0.717) is 0 Å². The van der Waals surface area contributed by atoms with Crippen molar-refractivity contribution in [2.75, 3.05) is 6.54 Å². The van der Waals surface area contributed by atoms with Crippen LogP contribution in [-0.2, 0) is 0 Å². The van der Waals surface area contributed by atoms with Gasteiger partial charge in [-0.3, -0.25) is 0 Å². The van der Waals surface area contributed by atoms with Gasteiger partial charge in [0.25, 0.3) is 0 Å². The molecule has 2 heteroatoms. The van der Waals surface area contributed by atoms with Crippen LogP contribution in [0.4, 0.5) is 0 Å². The summed E-state index contributed by atoms with van der Waals surface area (Å²) in [7, 11) is 0. The van der Waals surface area contributed by atoms with Gasteiger partial charge in [0.1, 0.15) is 0 Å². The molecule has 0 aliphatic carbocycles. The third-order valence-electron chi connectivity index (χ3n) is 3.18. The smallest absolute Gasteiger partial charge is 0.00772 e. The number of hydrogen-bond donors (Lipinski definition) is 1. The van der Waals surface area contributed by atoms with E-state index in [1.54, 1.807) is 0 Å². The summed E-state index contributed by atoms with van der Waals surface area (Å²) in [6, 6.07) is 21.1. The van der Waals surface area contributed by atoms with E-state index in [-0.39, 0.29) is 12.4 Å². The van der Waals surface area contributed by atoms with Crippen molar-refractivity contribution < 1.29 is 0 Å². The Morgan fingerprint density at radius 3 is 1.75 bits per heavy atom. The fourth-order valence-corrected chi connectivity index (χ4v) is 2.17. The average molecular weight is 288 g/mol. The highest BCUT2D eigenvalue weighted by Gasteiger charge is 2.03. The minimum absolute atomic E-state index is 0. The molecule has 2 N–H and O–H groups in total. The first-order valence-corrected chi connectivity index (χ1v) is 6.93. The molecule has 0 aliphatic heterocycles. The van der Waals surface area contributed by atoms with Crippen LogP contribution in [0.3, 0.4) is 0 Å². The fourth-order valence-electron chi connectivity index (χ4n) is 2.17. The van der Waals surface area contributed by atoms with E-state index < -0.39 is 0 Å². The zero-order valence-electron chi connectivity index (χ0n) is 11.7. The van der Waals surface area contributed by atoms with Crippen molar-refractivity contribution in [3.8, 4) is 0 Å². The maximum Gasteiger partial charge on any atom is -0.00772 e. The van der Waals surface area contributed by atoms with Gasteiger partial charge in [0.2, 0.25) is 0 Å². The van der Waals surface area contributed by atoms with Gasteiger partial charge in [-0.25, -0.2) is 0 Å². The van der Waals surface area contributed by atoms with Crippen LogP contribution in [0.15, 0.2) is 66.7 Å². The van der Waals surface area contributed by atoms with E-state index in [2.05, 4.69) is 66.7 Å². The molecule has 0 bridgehead atoms. The molecule has 0 spiro atoms. The second kappa shape index (κ2) is 9.35. The van der Waals surface area contributed by atoms with Gasteiger partial charge < -0.3 is 5.73 Å². The minimum atomic E-state index is 0. The van der Waals surface area contributed by atoms with Gasteiger partial charge in [-0.1, -0.05) is 66.7 Å². The molecule has 0 saturated carbocycles. The number of halogens is 1. The molecule has 0 aliphatic rings. The molecule has 1 nitrogen and oxygen atoms in total. The van der Waals surface area contributed by atoms with Crippen LogP contribution in [-0.4, -0.2) is 6.54 Å². The third-order valence-corrected chi connectivity index (χ3v) is 3.18. The SMILES string of the molecule is Cl.NCCCCC=C(c1ccccc1)c1ccccc1. The van der Waals surface area contributed by atoms with Crippen molar-refractivity contribution in [3.05, 3.63) is 77.9 Å². The van der Waals surface area contributed by atoms with E-state index in [0.717, 1.165) is 25.8 Å². The van der Waals surface area contributed by atoms with Crippen LogP contribution in [0.2, 0.25) is 0 Å². The van der Waals surface area contributed by atoms with Crippen molar-refractivity contribution in [2.45, 2.75) is 19.3 Å². The molecule has 0 heterocycles. The zero-order valence-corrected chi connectivity index (χ0v) is 12.5. The molecule has 0 saturated heterocycles. The topological polar surface area (TPSA) is 26.0 Å². The first-order chi connectivity index (χ1) is 9.42. The molecule has 2 aromatic carbocycles. The first-order valence-electron chi connectivity index (χ1n) is 6.93. The molecule has 0 aromatic heterocycles. The van der Waals surface area contributed by atoms with Crippen LogP contribution in [0.25, 0.3) is 5.57 Å². The van der Waals surface area contributed by atoms with Crippen molar-refractivity contribution in [1.82, 2.24) is 0 Å². The standard InChI is InChI=1S/C18H21N.ClH/c19-15-9-3-8-14-18(16-10-4-1-5-11-16)17-12-6-2-7-13-17;/h1-2,4-7,10-14H,3,8-9,15,19H2;1H. The third kappa shape index (κ3) is 4.84. The lowest BCUT2D eigenvalue weighted by atomic mass is 9.96. The summed E-state index contributed by atoms with van der Waals surface area (Å²) in [5.41, 5.74) is 9.42. The number of nitrogens with two attached hydrogens (primary N) is 1. The van der Waals surface area contributed by atoms with Gasteiger partial charge in [-0.05, 0) is 42.5 Å². The van der Waals surface area contributed by atoms with E-state index in [4.69, 9.17) is 5.73 Å². The highest BCUT2D eigenvalue weighted by molar-refractivity contribution is 5.85. The Labute approximate surface area is 127 Å². The Bertz CT molecular complexity index is 464. The second-order valence-corrected chi connectivity index (χ2v) is 4.63. The predicted molar refractivity (Wildman–Crippen MR) is 90.1 cm³/mol. The molecule has 0 fully saturated rings. The lowest BCUT2D eigenvalue weighted by molar-refractivity contribution is 0.759. The van der Waals surface area contributed by atoms with Crippen molar-refractivity contribution in [1.29, 1.82) is 0 Å². The van der Waals surface area contributed by atoms with Crippen LogP contribution in [0, 0.1) is 0 Å². The fraction of sp³-hybridized carbons (Fsp3) is 0.222. The Kier molecular flexibility index (Phi) is 7.71. The van der Waals surface area contributed by atoms with E-state index >= 15 is 0 Å². The number of unbranched alkanes of at least 4 members (excludes halogenated alkanes) is 2. The summed E-state index contributed by atoms with van der Waals surface area (Å²) in [6.45, 7) is 0.778. The molecule has 0 radical (unpaired) electrons. The summed E-state index contributed by atoms with van der Waals surface area (Å²) in [5, 5.41) is 0. The number of hydrogen-bond acceptors (Lipinski definition) is 1. The maximum atomic E-state index is 5.55. The van der Waals surface area contributed by atoms with E-state index in [1.165, 1.54) is 16.7 Å². The largest absolute Gasteiger partial charge is 0.330 e. The lowest BCUT2D eigenvalue weighted by Gasteiger charge is -2.08. The summed E-state index contributed by atoms with van der Waals surface area (Å²) >= 11 is 0. The molecule has 106 valence electrons. The van der Waals surface area contributed by atoms with Crippen LogP contribution >= 0.6 is 12.4 Å². The van der Waals surface area contributed by atoms with Gasteiger partial charge in [0.15, 0.2) is 0 Å². The van der Waals surface area contributed by atoms with Crippen LogP contribution < -0.4 is 5.73 Å². The van der Waals surface area contributed by atoms with Crippen molar-refractivity contribution >= 4 is 18.0 Å². The van der Waals surface area contributed by atoms with Crippen molar-refractivity contribution in [3.63, 3.8) is 0 Å². The summed E-state index contributed by atoms with van der Waals surface area (Å²) in [6.07, 6.45) is 5.66. The summed E-state index contributed by atoms with van der Waals surface area (Å²) in [4.78, 5) is 0. The zero-order chi connectivity index (χ0) is 13.3. The quantitative estimate of drug-likeness (QED) is 0.768. The molecule has 2 aromatic rings. The van der Waals surface area contributed by atoms with Gasteiger partial charge >= 0.3 is 0 Å². The molecule has 0 atom stereocenters. The summed E-state index contributed by atoms with van der Waals surface area (Å²) in [5.74, 6) is 0. The molecule has 2 rings (SSSR count). The number of benzene rings is 2. The average Bonchev–Trinajstić information content (AvgIpc) is 2.49. The first kappa shape index (κ1) is 16.5. The Morgan fingerprint density at radius 2 is 1.30 bits per heavy atom. The van der Waals surface area contributed by atoms with E-state index in [9.17, 15) is 0 Å². The van der Waals surface area contributed by atoms with Crippen LogP contribution in [0.5, 0.6) is 0 Å². The highest BCUT2D eigenvalue weighted by Crippen LogP contribution is 2.24.